The molecule has 2 rings (SSSR count). The van der Waals surface area contributed by atoms with Crippen LogP contribution in [0.1, 0.15) is 51.1 Å². The highest BCUT2D eigenvalue weighted by Gasteiger charge is 2.19. The zero-order valence-electron chi connectivity index (χ0n) is 13.8. The molecule has 1 aliphatic rings. The molecule has 1 saturated heterocycles. The predicted molar refractivity (Wildman–Crippen MR) is 90.0 cm³/mol. The molecule has 0 radical (unpaired) electrons. The Kier molecular flexibility index (Phi) is 6.52. The molecule has 1 fully saturated rings. The number of nitrogens with one attached hydrogen (secondary N) is 1. The first kappa shape index (κ1) is 16.3. The molecule has 1 aromatic carbocycles. The van der Waals surface area contributed by atoms with Crippen LogP contribution in [0.4, 0.5) is 5.69 Å². The van der Waals surface area contributed by atoms with Crippen molar-refractivity contribution in [3.63, 3.8) is 0 Å². The molecule has 0 saturated carbocycles. The minimum absolute atomic E-state index is 0.447. The van der Waals surface area contributed by atoms with Crippen LogP contribution in [0.5, 0.6) is 0 Å². The normalized spacial score (nSPS) is 18.0. The molecule has 0 spiro atoms. The fourth-order valence-electron chi connectivity index (χ4n) is 3.08. The Bertz CT molecular complexity index is 396. The van der Waals surface area contributed by atoms with Gasteiger partial charge in [0.2, 0.25) is 0 Å². The van der Waals surface area contributed by atoms with Crippen LogP contribution >= 0.6 is 0 Å². The van der Waals surface area contributed by atoms with Gasteiger partial charge in [-0.05, 0) is 49.9 Å². The van der Waals surface area contributed by atoms with Crippen molar-refractivity contribution >= 4 is 5.69 Å². The largest absolute Gasteiger partial charge is 0.381 e. The first-order valence-electron chi connectivity index (χ1n) is 8.39. The lowest BCUT2D eigenvalue weighted by molar-refractivity contribution is 0.0819. The van der Waals surface area contributed by atoms with Crippen LogP contribution in [0.25, 0.3) is 0 Å². The van der Waals surface area contributed by atoms with Crippen molar-refractivity contribution in [3.8, 4) is 0 Å². The third-order valence-corrected chi connectivity index (χ3v) is 4.48. The van der Waals surface area contributed by atoms with E-state index in [9.17, 15) is 0 Å². The molecule has 1 heterocycles. The van der Waals surface area contributed by atoms with E-state index in [4.69, 9.17) is 4.74 Å². The van der Waals surface area contributed by atoms with Crippen LogP contribution in [-0.2, 0) is 4.74 Å². The number of rotatable bonds is 7. The summed E-state index contributed by atoms with van der Waals surface area (Å²) in [5.74, 6) is 0. The summed E-state index contributed by atoms with van der Waals surface area (Å²) in [4.78, 5) is 2.47. The predicted octanol–water partition coefficient (Wildman–Crippen LogP) is 3.75. The Morgan fingerprint density at radius 2 is 1.86 bits per heavy atom. The van der Waals surface area contributed by atoms with Gasteiger partial charge in [0, 0.05) is 31.9 Å². The second-order valence-electron chi connectivity index (χ2n) is 5.93. The van der Waals surface area contributed by atoms with Crippen molar-refractivity contribution in [1.29, 1.82) is 0 Å². The standard InChI is InChI=1S/C18H30N2O/c1-4-12-19-18(5-2)15-6-8-16(9-7-15)20-13-10-17(21-3)11-14-20/h6-9,17-19H,4-5,10-14H2,1-3H3. The zero-order chi connectivity index (χ0) is 15.1. The van der Waals surface area contributed by atoms with Gasteiger partial charge in [0.15, 0.2) is 0 Å². The van der Waals surface area contributed by atoms with Crippen molar-refractivity contribution in [1.82, 2.24) is 5.32 Å². The second-order valence-corrected chi connectivity index (χ2v) is 5.93. The van der Waals surface area contributed by atoms with Crippen LogP contribution in [0.15, 0.2) is 24.3 Å². The van der Waals surface area contributed by atoms with Crippen molar-refractivity contribution in [2.75, 3.05) is 31.6 Å². The number of nitrogens with zero attached hydrogens (tertiary/aromatic N) is 1. The maximum absolute atomic E-state index is 5.44. The highest BCUT2D eigenvalue weighted by molar-refractivity contribution is 5.48. The fourth-order valence-corrected chi connectivity index (χ4v) is 3.08. The summed E-state index contributed by atoms with van der Waals surface area (Å²) in [6.07, 6.45) is 5.03. The van der Waals surface area contributed by atoms with Crippen LogP contribution in [0, 0.1) is 0 Å². The molecule has 1 atom stereocenters. The molecule has 1 N–H and O–H groups in total. The summed E-state index contributed by atoms with van der Waals surface area (Å²) in [5, 5.41) is 3.62. The Morgan fingerprint density at radius 1 is 1.19 bits per heavy atom. The van der Waals surface area contributed by atoms with E-state index >= 15 is 0 Å². The van der Waals surface area contributed by atoms with Gasteiger partial charge >= 0.3 is 0 Å². The lowest BCUT2D eigenvalue weighted by atomic mass is 10.0. The van der Waals surface area contributed by atoms with Crippen LogP contribution in [0.3, 0.4) is 0 Å². The minimum Gasteiger partial charge on any atom is -0.381 e. The molecule has 21 heavy (non-hydrogen) atoms. The molecule has 118 valence electrons. The molecular formula is C18H30N2O. The third kappa shape index (κ3) is 4.45. The lowest BCUT2D eigenvalue weighted by Gasteiger charge is -2.33. The van der Waals surface area contributed by atoms with Gasteiger partial charge in [-0.25, -0.2) is 0 Å². The number of methoxy groups -OCH3 is 1. The Morgan fingerprint density at radius 3 is 2.38 bits per heavy atom. The summed E-state index contributed by atoms with van der Waals surface area (Å²) >= 11 is 0. The minimum atomic E-state index is 0.447. The van der Waals surface area contributed by atoms with Crippen molar-refractivity contribution in [3.05, 3.63) is 29.8 Å². The molecule has 1 aliphatic heterocycles. The average molecular weight is 290 g/mol. The number of benzene rings is 1. The molecule has 3 nitrogen and oxygen atoms in total. The second kappa shape index (κ2) is 8.40. The van der Waals surface area contributed by atoms with Crippen LogP contribution in [-0.4, -0.2) is 32.8 Å². The lowest BCUT2D eigenvalue weighted by Crippen LogP contribution is -2.36. The van der Waals surface area contributed by atoms with Gasteiger partial charge in [0.25, 0.3) is 0 Å². The van der Waals surface area contributed by atoms with E-state index in [0.29, 0.717) is 12.1 Å². The van der Waals surface area contributed by atoms with Gasteiger partial charge in [0.05, 0.1) is 6.10 Å². The summed E-state index contributed by atoms with van der Waals surface area (Å²) in [5.41, 5.74) is 2.75. The fraction of sp³-hybridized carbons (Fsp3) is 0.667. The number of hydrogen-bond donors (Lipinski definition) is 1. The van der Waals surface area contributed by atoms with Crippen molar-refractivity contribution in [2.24, 2.45) is 0 Å². The average Bonchev–Trinajstić information content (AvgIpc) is 2.56. The van der Waals surface area contributed by atoms with E-state index in [1.54, 1.807) is 0 Å². The maximum Gasteiger partial charge on any atom is 0.0605 e. The summed E-state index contributed by atoms with van der Waals surface area (Å²) in [6, 6.07) is 9.61. The quantitative estimate of drug-likeness (QED) is 0.827. The van der Waals surface area contributed by atoms with E-state index in [2.05, 4.69) is 48.3 Å². The monoisotopic (exact) mass is 290 g/mol. The molecule has 1 aromatic rings. The van der Waals surface area contributed by atoms with Crippen molar-refractivity contribution in [2.45, 2.75) is 51.7 Å². The first-order valence-corrected chi connectivity index (χ1v) is 8.39. The Balaban J connectivity index is 1.95. The molecule has 1 unspecified atom stereocenters. The van der Waals surface area contributed by atoms with Gasteiger partial charge in [-0.15, -0.1) is 0 Å². The SMILES string of the molecule is CCCNC(CC)c1ccc(N2CCC(OC)CC2)cc1. The molecule has 0 aliphatic carbocycles. The summed E-state index contributed by atoms with van der Waals surface area (Å²) < 4.78 is 5.44. The topological polar surface area (TPSA) is 24.5 Å². The van der Waals surface area contributed by atoms with E-state index in [0.717, 1.165) is 38.9 Å². The maximum atomic E-state index is 5.44. The highest BCUT2D eigenvalue weighted by atomic mass is 16.5. The summed E-state index contributed by atoms with van der Waals surface area (Å²) in [7, 11) is 1.82. The van der Waals surface area contributed by atoms with Crippen LogP contribution < -0.4 is 10.2 Å². The van der Waals surface area contributed by atoms with Gasteiger partial charge in [-0.3, -0.25) is 0 Å². The van der Waals surface area contributed by atoms with Gasteiger partial charge < -0.3 is 15.0 Å². The van der Waals surface area contributed by atoms with Gasteiger partial charge in [0.1, 0.15) is 0 Å². The summed E-state index contributed by atoms with van der Waals surface area (Å²) in [6.45, 7) is 7.75. The van der Waals surface area contributed by atoms with E-state index < -0.39 is 0 Å². The van der Waals surface area contributed by atoms with E-state index in [1.165, 1.54) is 17.7 Å². The van der Waals surface area contributed by atoms with E-state index in [1.807, 2.05) is 7.11 Å². The third-order valence-electron chi connectivity index (χ3n) is 4.48. The number of ether oxygens (including phenoxy) is 1. The first-order chi connectivity index (χ1) is 10.3. The molecule has 3 heteroatoms. The molecule has 0 aromatic heterocycles. The number of piperidine rings is 1. The number of anilines is 1. The van der Waals surface area contributed by atoms with Crippen LogP contribution in [0.2, 0.25) is 0 Å². The zero-order valence-corrected chi connectivity index (χ0v) is 13.8. The molecule has 0 amide bonds. The molecular weight excluding hydrogens is 260 g/mol. The Labute approximate surface area is 129 Å². The van der Waals surface area contributed by atoms with E-state index in [-0.39, 0.29) is 0 Å². The highest BCUT2D eigenvalue weighted by Crippen LogP contribution is 2.24. The van der Waals surface area contributed by atoms with Gasteiger partial charge in [-0.2, -0.15) is 0 Å². The molecule has 0 bridgehead atoms. The smallest absolute Gasteiger partial charge is 0.0605 e. The van der Waals surface area contributed by atoms with Gasteiger partial charge in [-0.1, -0.05) is 26.0 Å². The number of hydrogen-bond acceptors (Lipinski definition) is 3. The van der Waals surface area contributed by atoms with Crippen molar-refractivity contribution < 1.29 is 4.74 Å². The Hall–Kier alpha value is -1.06.